The van der Waals surface area contributed by atoms with Crippen LogP contribution in [0.25, 0.3) is 11.2 Å². The van der Waals surface area contributed by atoms with Crippen molar-refractivity contribution in [2.24, 2.45) is 0 Å². The number of anilines is 2. The normalized spacial score (nSPS) is 26.6. The van der Waals surface area contributed by atoms with Crippen LogP contribution in [0.15, 0.2) is 15.1 Å². The van der Waals surface area contributed by atoms with E-state index in [1.165, 1.54) is 28.2 Å². The molecule has 18 nitrogen and oxygen atoms in total. The topological polar surface area (TPSA) is 280 Å². The predicted octanol–water partition coefficient (Wildman–Crippen LogP) is -0.441. The van der Waals surface area contributed by atoms with Crippen molar-refractivity contribution in [2.45, 2.75) is 98.6 Å². The van der Waals surface area contributed by atoms with Gasteiger partial charge in [0.15, 0.2) is 32.4 Å². The number of fused-ring (bicyclic) bond motifs is 1. The minimum atomic E-state index is -1.14. The van der Waals surface area contributed by atoms with E-state index in [9.17, 15) is 25.2 Å². The summed E-state index contributed by atoms with van der Waals surface area (Å²) in [7, 11) is 0. The molecule has 3 heterocycles. The fraction of sp³-hybridized carbons (Fsp3) is 0.714. The van der Waals surface area contributed by atoms with Crippen LogP contribution in [0.4, 0.5) is 11.5 Å². The summed E-state index contributed by atoms with van der Waals surface area (Å²) in [5.74, 6) is 1.98. The van der Waals surface area contributed by atoms with Crippen molar-refractivity contribution in [3.05, 3.63) is 15.5 Å². The van der Waals surface area contributed by atoms with E-state index in [4.69, 9.17) is 37.0 Å². The second-order valence-electron chi connectivity index (χ2n) is 11.4. The number of nitrogens with one attached hydrogen (secondary N) is 2. The first-order valence-electron chi connectivity index (χ1n) is 15.9. The molecule has 0 spiro atoms. The summed E-state index contributed by atoms with van der Waals surface area (Å²) < 4.78 is 12.1. The van der Waals surface area contributed by atoms with Gasteiger partial charge in [-0.05, 0) is 19.3 Å². The lowest BCUT2D eigenvalue weighted by atomic mass is 10.2. The molecule has 8 atom stereocenters. The third-order valence-corrected chi connectivity index (χ3v) is 10.2. The Morgan fingerprint density at radius 1 is 0.939 bits per heavy atom. The zero-order valence-corrected chi connectivity index (χ0v) is 29.4. The van der Waals surface area contributed by atoms with Crippen molar-refractivity contribution in [1.29, 1.82) is 0 Å². The molecule has 0 aliphatic heterocycles. The van der Waals surface area contributed by atoms with Crippen molar-refractivity contribution in [1.82, 2.24) is 34.9 Å². The Balaban J connectivity index is 0.000000221. The highest BCUT2D eigenvalue weighted by molar-refractivity contribution is 7.99. The van der Waals surface area contributed by atoms with Crippen LogP contribution in [-0.4, -0.2) is 146 Å². The van der Waals surface area contributed by atoms with Crippen molar-refractivity contribution in [3.63, 3.8) is 0 Å². The van der Waals surface area contributed by atoms with Gasteiger partial charge in [0.1, 0.15) is 30.1 Å². The molecule has 49 heavy (non-hydrogen) atoms. The number of H-pyrrole nitrogens is 1. The van der Waals surface area contributed by atoms with Crippen molar-refractivity contribution >= 4 is 57.8 Å². The standard InChI is InChI=1S/C14H23ClN4O4S.C14H21N5O5S/c1-2-5-24-14-18-12(15)9(16)13(19-14)17-7-6-8(23-4-3-20)11(22)10(7)21;1-2-5-25-14-15-12-9(13(23)16-14)17-18-19(12)7-6-8(24-4-3-20)11(22)10(7)21/h7-8,10-11,20-22H,2-6,16H2,1H3,(H,17,18,19);7-8,10-11,20-22H,2-6H2,1H3,(H,15,16,23)/t2*7-,8+,10+,11-/m11/s1. The molecule has 10 N–H and O–H groups in total. The van der Waals surface area contributed by atoms with Crippen molar-refractivity contribution in [3.8, 4) is 0 Å². The fourth-order valence-corrected chi connectivity index (χ4v) is 6.99. The maximum absolute atomic E-state index is 12.2. The number of halogens is 1. The quantitative estimate of drug-likeness (QED) is 0.0541. The van der Waals surface area contributed by atoms with Crippen molar-refractivity contribution in [2.75, 3.05) is 49.0 Å². The first kappa shape index (κ1) is 39.4. The SMILES string of the molecule is CCCSc1nc(Cl)c(N)c(N[C@@H]2C[C@H](OCCO)[C@@H](O)[C@H]2O)n1.CCCSc1nc2c(nnn2[C@@H]2C[C@H](OCCO)[C@@H](O)[C@H]2O)c(=O)[nH]1. The minimum Gasteiger partial charge on any atom is -0.394 e. The number of nitrogens with two attached hydrogens (primary N) is 1. The van der Waals surface area contributed by atoms with Crippen LogP contribution >= 0.6 is 35.1 Å². The lowest BCUT2D eigenvalue weighted by Crippen LogP contribution is -2.36. The van der Waals surface area contributed by atoms with Gasteiger partial charge >= 0.3 is 0 Å². The first-order chi connectivity index (χ1) is 23.5. The van der Waals surface area contributed by atoms with Gasteiger partial charge in [-0.25, -0.2) is 19.6 Å². The summed E-state index contributed by atoms with van der Waals surface area (Å²) >= 11 is 8.93. The number of aromatic nitrogens is 7. The number of aliphatic hydroxyl groups is 6. The number of aromatic amines is 1. The molecule has 0 amide bonds. The van der Waals surface area contributed by atoms with Gasteiger partial charge in [0, 0.05) is 17.9 Å². The molecule has 2 aliphatic rings. The predicted molar refractivity (Wildman–Crippen MR) is 183 cm³/mol. The van der Waals surface area contributed by atoms with E-state index < -0.39 is 54.3 Å². The molecule has 3 aromatic rings. The summed E-state index contributed by atoms with van der Waals surface area (Å²) in [6.07, 6.45) is -3.05. The number of hydrogen-bond acceptors (Lipinski definition) is 18. The highest BCUT2D eigenvalue weighted by atomic mass is 35.5. The maximum atomic E-state index is 12.2. The van der Waals surface area contributed by atoms with E-state index >= 15 is 0 Å². The highest BCUT2D eigenvalue weighted by Gasteiger charge is 2.45. The Hall–Kier alpha value is -2.37. The van der Waals surface area contributed by atoms with Gasteiger partial charge in [0.25, 0.3) is 5.56 Å². The van der Waals surface area contributed by atoms with Crippen LogP contribution in [0, 0.1) is 0 Å². The van der Waals surface area contributed by atoms with Gasteiger partial charge in [0.2, 0.25) is 0 Å². The average molecular weight is 750 g/mol. The first-order valence-corrected chi connectivity index (χ1v) is 18.3. The number of hydrogen-bond donors (Lipinski definition) is 9. The number of thioether (sulfide) groups is 2. The Bertz CT molecular complexity index is 1560. The van der Waals surface area contributed by atoms with E-state index in [0.717, 1.165) is 24.3 Å². The molecular weight excluding hydrogens is 706 g/mol. The van der Waals surface area contributed by atoms with Gasteiger partial charge in [0.05, 0.1) is 50.7 Å². The van der Waals surface area contributed by atoms with Crippen LogP contribution in [0.5, 0.6) is 0 Å². The molecule has 2 saturated carbocycles. The Morgan fingerprint density at radius 3 is 2.22 bits per heavy atom. The molecule has 2 fully saturated rings. The molecule has 0 unspecified atom stereocenters. The lowest BCUT2D eigenvalue weighted by molar-refractivity contribution is -0.0629. The number of aliphatic hydroxyl groups excluding tert-OH is 6. The number of ether oxygens (including phenoxy) is 2. The van der Waals surface area contributed by atoms with E-state index in [1.54, 1.807) is 0 Å². The second kappa shape index (κ2) is 18.7. The molecule has 0 saturated heterocycles. The molecule has 2 aliphatic carbocycles. The summed E-state index contributed by atoms with van der Waals surface area (Å²) in [6, 6.07) is -1.12. The number of rotatable bonds is 15. The lowest BCUT2D eigenvalue weighted by Gasteiger charge is -2.19. The molecule has 5 rings (SSSR count). The van der Waals surface area contributed by atoms with E-state index in [1.807, 2.05) is 13.8 Å². The summed E-state index contributed by atoms with van der Waals surface area (Å²) in [5, 5.41) is 70.3. The van der Waals surface area contributed by atoms with Crippen LogP contribution in [0.1, 0.15) is 45.6 Å². The third kappa shape index (κ3) is 9.70. The molecule has 3 aromatic heterocycles. The molecule has 0 radical (unpaired) electrons. The van der Waals surface area contributed by atoms with Crippen LogP contribution in [0.2, 0.25) is 5.15 Å². The van der Waals surface area contributed by atoms with Crippen molar-refractivity contribution < 1.29 is 40.1 Å². The molecule has 21 heteroatoms. The van der Waals surface area contributed by atoms with E-state index in [0.29, 0.717) is 22.6 Å². The second-order valence-corrected chi connectivity index (χ2v) is 13.9. The van der Waals surface area contributed by atoms with Gasteiger partial charge in [-0.1, -0.05) is 54.2 Å². The summed E-state index contributed by atoms with van der Waals surface area (Å²) in [4.78, 5) is 27.7. The zero-order valence-electron chi connectivity index (χ0n) is 27.1. The van der Waals surface area contributed by atoms with Gasteiger partial charge < -0.3 is 51.2 Å². The van der Waals surface area contributed by atoms with Crippen LogP contribution < -0.4 is 16.6 Å². The average Bonchev–Trinajstić information content (AvgIpc) is 3.72. The smallest absolute Gasteiger partial charge is 0.281 e. The van der Waals surface area contributed by atoms with E-state index in [-0.39, 0.29) is 54.9 Å². The molecule has 0 bridgehead atoms. The maximum Gasteiger partial charge on any atom is 0.281 e. The van der Waals surface area contributed by atoms with Crippen LogP contribution in [0.3, 0.4) is 0 Å². The van der Waals surface area contributed by atoms with Crippen LogP contribution in [-0.2, 0) is 9.47 Å². The van der Waals surface area contributed by atoms with Gasteiger partial charge in [-0.15, -0.1) is 5.10 Å². The molecular formula is C28H44ClN9O9S2. The minimum absolute atomic E-state index is 0.0645. The van der Waals surface area contributed by atoms with E-state index in [2.05, 4.69) is 35.6 Å². The van der Waals surface area contributed by atoms with Gasteiger partial charge in [-0.2, -0.15) is 0 Å². The molecule has 274 valence electrons. The highest BCUT2D eigenvalue weighted by Crippen LogP contribution is 2.34. The molecule has 0 aromatic carbocycles. The third-order valence-electron chi connectivity index (χ3n) is 7.78. The Kier molecular flexibility index (Phi) is 15.1. The Morgan fingerprint density at radius 2 is 1.57 bits per heavy atom. The Labute approximate surface area is 295 Å². The fourth-order valence-electron chi connectivity index (χ4n) is 5.36. The van der Waals surface area contributed by atoms with Gasteiger partial charge in [-0.3, -0.25) is 9.78 Å². The number of nitrogen functional groups attached to an aromatic ring is 1. The summed E-state index contributed by atoms with van der Waals surface area (Å²) in [6.45, 7) is 3.91. The number of nitrogens with zero attached hydrogens (tertiary/aromatic N) is 6. The summed E-state index contributed by atoms with van der Waals surface area (Å²) in [5.41, 5.74) is 6.07. The largest absolute Gasteiger partial charge is 0.394 e. The zero-order chi connectivity index (χ0) is 35.7. The monoisotopic (exact) mass is 749 g/mol.